The third-order valence-corrected chi connectivity index (χ3v) is 3.19. The van der Waals surface area contributed by atoms with Crippen molar-refractivity contribution >= 4 is 10.9 Å². The first-order chi connectivity index (χ1) is 9.36. The van der Waals surface area contributed by atoms with Gasteiger partial charge in [-0.05, 0) is 24.6 Å². The van der Waals surface area contributed by atoms with Crippen molar-refractivity contribution in [1.82, 2.24) is 9.88 Å². The molecule has 0 unspecified atom stereocenters. The van der Waals surface area contributed by atoms with Gasteiger partial charge in [-0.2, -0.15) is 0 Å². The number of nitrogens with one attached hydrogen (secondary N) is 1. The molecule has 1 heterocycles. The van der Waals surface area contributed by atoms with Crippen molar-refractivity contribution in [2.24, 2.45) is 0 Å². The fourth-order valence-corrected chi connectivity index (χ4v) is 2.27. The van der Waals surface area contributed by atoms with Gasteiger partial charge >= 0.3 is 0 Å². The number of benzene rings is 1. The number of aromatic nitrogens is 1. The summed E-state index contributed by atoms with van der Waals surface area (Å²) in [7, 11) is 1.72. The van der Waals surface area contributed by atoms with E-state index in [0.29, 0.717) is 6.54 Å². The first kappa shape index (κ1) is 13.7. The van der Waals surface area contributed by atoms with Gasteiger partial charge < -0.3 is 14.6 Å². The Labute approximate surface area is 114 Å². The molecule has 0 aliphatic carbocycles. The minimum absolute atomic E-state index is 0.623. The Kier molecular flexibility index (Phi) is 5.02. The predicted molar refractivity (Wildman–Crippen MR) is 79.2 cm³/mol. The van der Waals surface area contributed by atoms with Crippen LogP contribution in [0.15, 0.2) is 30.5 Å². The largest absolute Gasteiger partial charge is 0.383 e. The van der Waals surface area contributed by atoms with Crippen molar-refractivity contribution in [3.63, 3.8) is 0 Å². The standard InChI is InChI=1S/C16H20N2O/c1-3-11-18-13-14(8-9-17-10-12-19-2)15-6-4-5-7-16(15)18/h1,4-7,13,17H,8-12H2,2H3. The van der Waals surface area contributed by atoms with Gasteiger partial charge in [0, 0.05) is 30.8 Å². The molecule has 0 atom stereocenters. The van der Waals surface area contributed by atoms with Crippen LogP contribution in [-0.4, -0.2) is 31.4 Å². The molecular weight excluding hydrogens is 236 g/mol. The quantitative estimate of drug-likeness (QED) is 0.606. The number of nitrogens with zero attached hydrogens (tertiary/aromatic N) is 1. The molecule has 2 aromatic rings. The van der Waals surface area contributed by atoms with Crippen molar-refractivity contribution < 1.29 is 4.74 Å². The number of hydrogen-bond donors (Lipinski definition) is 1. The Bertz CT molecular complexity index is 566. The van der Waals surface area contributed by atoms with Crippen LogP contribution in [0, 0.1) is 12.3 Å². The average Bonchev–Trinajstić information content (AvgIpc) is 2.78. The molecule has 0 fully saturated rings. The molecule has 0 bridgehead atoms. The fraction of sp³-hybridized carbons (Fsp3) is 0.375. The number of para-hydroxylation sites is 1. The van der Waals surface area contributed by atoms with Crippen LogP contribution in [0.1, 0.15) is 5.56 Å². The second kappa shape index (κ2) is 6.98. The van der Waals surface area contributed by atoms with Gasteiger partial charge in [-0.1, -0.05) is 24.1 Å². The van der Waals surface area contributed by atoms with Gasteiger partial charge in [0.25, 0.3) is 0 Å². The van der Waals surface area contributed by atoms with E-state index in [0.717, 1.165) is 26.1 Å². The zero-order valence-electron chi connectivity index (χ0n) is 11.4. The smallest absolute Gasteiger partial charge is 0.0835 e. The molecule has 3 nitrogen and oxygen atoms in total. The van der Waals surface area contributed by atoms with E-state index in [1.165, 1.54) is 16.5 Å². The van der Waals surface area contributed by atoms with Gasteiger partial charge in [0.05, 0.1) is 13.2 Å². The Morgan fingerprint density at radius 1 is 1.32 bits per heavy atom. The van der Waals surface area contributed by atoms with Gasteiger partial charge in [0.15, 0.2) is 0 Å². The van der Waals surface area contributed by atoms with Crippen LogP contribution in [0.2, 0.25) is 0 Å². The molecule has 2 rings (SSSR count). The Balaban J connectivity index is 2.08. The summed E-state index contributed by atoms with van der Waals surface area (Å²) < 4.78 is 7.15. The van der Waals surface area contributed by atoms with Crippen molar-refractivity contribution in [1.29, 1.82) is 0 Å². The topological polar surface area (TPSA) is 26.2 Å². The van der Waals surface area contributed by atoms with E-state index in [2.05, 4.69) is 46.3 Å². The summed E-state index contributed by atoms with van der Waals surface area (Å²) in [5.41, 5.74) is 2.56. The summed E-state index contributed by atoms with van der Waals surface area (Å²) in [5.74, 6) is 2.70. The van der Waals surface area contributed by atoms with E-state index in [4.69, 9.17) is 11.2 Å². The maximum absolute atomic E-state index is 5.42. The average molecular weight is 256 g/mol. The molecule has 1 aromatic carbocycles. The molecule has 19 heavy (non-hydrogen) atoms. The molecule has 0 saturated carbocycles. The highest BCUT2D eigenvalue weighted by Crippen LogP contribution is 2.21. The lowest BCUT2D eigenvalue weighted by Crippen LogP contribution is -2.21. The summed E-state index contributed by atoms with van der Waals surface area (Å²) in [5, 5.41) is 4.66. The predicted octanol–water partition coefficient (Wildman–Crippen LogP) is 2.05. The Morgan fingerprint density at radius 3 is 2.95 bits per heavy atom. The third kappa shape index (κ3) is 3.37. The van der Waals surface area contributed by atoms with E-state index in [9.17, 15) is 0 Å². The highest BCUT2D eigenvalue weighted by Gasteiger charge is 2.06. The van der Waals surface area contributed by atoms with Crippen molar-refractivity contribution in [3.8, 4) is 12.3 Å². The number of rotatable bonds is 7. The molecule has 0 amide bonds. The second-order valence-corrected chi connectivity index (χ2v) is 4.50. The summed E-state index contributed by atoms with van der Waals surface area (Å²) in [4.78, 5) is 0. The molecule has 0 radical (unpaired) electrons. The molecule has 1 aromatic heterocycles. The lowest BCUT2D eigenvalue weighted by Gasteiger charge is -2.03. The van der Waals surface area contributed by atoms with Crippen LogP contribution >= 0.6 is 0 Å². The van der Waals surface area contributed by atoms with Crippen LogP contribution in [0.25, 0.3) is 10.9 Å². The zero-order valence-corrected chi connectivity index (χ0v) is 11.4. The van der Waals surface area contributed by atoms with E-state index in [-0.39, 0.29) is 0 Å². The normalized spacial score (nSPS) is 10.7. The molecular formula is C16H20N2O. The lowest BCUT2D eigenvalue weighted by molar-refractivity contribution is 0.199. The Hall–Kier alpha value is -1.76. The van der Waals surface area contributed by atoms with Crippen molar-refractivity contribution in [2.75, 3.05) is 26.8 Å². The molecule has 0 aliphatic rings. The highest BCUT2D eigenvalue weighted by atomic mass is 16.5. The van der Waals surface area contributed by atoms with Gasteiger partial charge in [-0.15, -0.1) is 6.42 Å². The summed E-state index contributed by atoms with van der Waals surface area (Å²) >= 11 is 0. The Morgan fingerprint density at radius 2 is 2.16 bits per heavy atom. The molecule has 100 valence electrons. The van der Waals surface area contributed by atoms with Crippen LogP contribution in [0.4, 0.5) is 0 Å². The van der Waals surface area contributed by atoms with E-state index >= 15 is 0 Å². The number of fused-ring (bicyclic) bond motifs is 1. The SMILES string of the molecule is C#CCn1cc(CCNCCOC)c2ccccc21. The van der Waals surface area contributed by atoms with E-state index < -0.39 is 0 Å². The lowest BCUT2D eigenvalue weighted by atomic mass is 10.1. The number of methoxy groups -OCH3 is 1. The van der Waals surface area contributed by atoms with E-state index in [1.54, 1.807) is 7.11 Å². The molecule has 1 N–H and O–H groups in total. The molecule has 0 saturated heterocycles. The van der Waals surface area contributed by atoms with Crippen molar-refractivity contribution in [2.45, 2.75) is 13.0 Å². The number of terminal acetylenes is 1. The first-order valence-corrected chi connectivity index (χ1v) is 6.56. The zero-order chi connectivity index (χ0) is 13.5. The van der Waals surface area contributed by atoms with Crippen LogP contribution in [0.3, 0.4) is 0 Å². The first-order valence-electron chi connectivity index (χ1n) is 6.56. The monoisotopic (exact) mass is 256 g/mol. The summed E-state index contributed by atoms with van der Waals surface area (Å²) in [6.07, 6.45) is 8.59. The second-order valence-electron chi connectivity index (χ2n) is 4.50. The van der Waals surface area contributed by atoms with Crippen molar-refractivity contribution in [3.05, 3.63) is 36.0 Å². The van der Waals surface area contributed by atoms with Crippen LogP contribution < -0.4 is 5.32 Å². The van der Waals surface area contributed by atoms with Crippen LogP contribution in [-0.2, 0) is 17.7 Å². The number of ether oxygens (including phenoxy) is 1. The van der Waals surface area contributed by atoms with E-state index in [1.807, 2.05) is 0 Å². The van der Waals surface area contributed by atoms with Gasteiger partial charge in [-0.3, -0.25) is 0 Å². The maximum Gasteiger partial charge on any atom is 0.0835 e. The highest BCUT2D eigenvalue weighted by molar-refractivity contribution is 5.84. The molecule has 3 heteroatoms. The maximum atomic E-state index is 5.42. The van der Waals surface area contributed by atoms with Gasteiger partial charge in [0.2, 0.25) is 0 Å². The van der Waals surface area contributed by atoms with Gasteiger partial charge in [-0.25, -0.2) is 0 Å². The number of hydrogen-bond acceptors (Lipinski definition) is 2. The summed E-state index contributed by atoms with van der Waals surface area (Å²) in [6.45, 7) is 3.21. The van der Waals surface area contributed by atoms with Crippen LogP contribution in [0.5, 0.6) is 0 Å². The molecule has 0 aliphatic heterocycles. The summed E-state index contributed by atoms with van der Waals surface area (Å²) in [6, 6.07) is 8.40. The fourth-order valence-electron chi connectivity index (χ4n) is 2.27. The van der Waals surface area contributed by atoms with Gasteiger partial charge in [0.1, 0.15) is 0 Å². The minimum atomic E-state index is 0.623. The minimum Gasteiger partial charge on any atom is -0.383 e. The molecule has 0 spiro atoms. The third-order valence-electron chi connectivity index (χ3n) is 3.19.